The lowest BCUT2D eigenvalue weighted by atomic mass is 10.0. The van der Waals surface area contributed by atoms with Crippen LogP contribution >= 0.6 is 0 Å². The van der Waals surface area contributed by atoms with E-state index in [2.05, 4.69) is 10.4 Å². The van der Waals surface area contributed by atoms with Crippen molar-refractivity contribution in [2.45, 2.75) is 51.6 Å². The van der Waals surface area contributed by atoms with Crippen molar-refractivity contribution in [1.82, 2.24) is 15.1 Å². The fraction of sp³-hybridized carbons (Fsp3) is 0.714. The second kappa shape index (κ2) is 5.12. The van der Waals surface area contributed by atoms with Gasteiger partial charge in [-0.05, 0) is 38.7 Å². The van der Waals surface area contributed by atoms with E-state index in [1.165, 1.54) is 0 Å². The van der Waals surface area contributed by atoms with Crippen LogP contribution < -0.4 is 5.32 Å². The molecule has 0 aromatic carbocycles. The van der Waals surface area contributed by atoms with Crippen LogP contribution in [0.3, 0.4) is 0 Å². The second-order valence-electron chi connectivity index (χ2n) is 6.16. The minimum atomic E-state index is -2.91. The number of aryl methyl sites for hydroxylation is 1. The van der Waals surface area contributed by atoms with Gasteiger partial charge in [-0.1, -0.05) is 0 Å². The quantitative estimate of drug-likeness (QED) is 0.890. The van der Waals surface area contributed by atoms with Gasteiger partial charge in [0.2, 0.25) is 5.91 Å². The molecule has 1 amide bonds. The highest BCUT2D eigenvalue weighted by Crippen LogP contribution is 2.27. The van der Waals surface area contributed by atoms with Gasteiger partial charge in [0.15, 0.2) is 9.84 Å². The first-order chi connectivity index (χ1) is 9.85. The topological polar surface area (TPSA) is 81.1 Å². The zero-order chi connectivity index (χ0) is 15.2. The molecule has 21 heavy (non-hydrogen) atoms. The lowest BCUT2D eigenvalue weighted by Crippen LogP contribution is -2.27. The Morgan fingerprint density at radius 1 is 1.33 bits per heavy atom. The van der Waals surface area contributed by atoms with E-state index >= 15 is 0 Å². The second-order valence-corrected chi connectivity index (χ2v) is 8.39. The Balaban J connectivity index is 1.82. The molecule has 0 saturated carbocycles. The van der Waals surface area contributed by atoms with Crippen LogP contribution in [-0.2, 0) is 21.1 Å². The molecular weight excluding hydrogens is 290 g/mol. The van der Waals surface area contributed by atoms with Gasteiger partial charge in [-0.3, -0.25) is 9.48 Å². The number of nitrogens with zero attached hydrogens (tertiary/aromatic N) is 2. The molecule has 2 fully saturated rings. The van der Waals surface area contributed by atoms with Gasteiger partial charge < -0.3 is 5.32 Å². The highest BCUT2D eigenvalue weighted by Gasteiger charge is 2.32. The predicted molar refractivity (Wildman–Crippen MR) is 78.9 cm³/mol. The number of nitrogens with one attached hydrogen (secondary N) is 1. The van der Waals surface area contributed by atoms with Crippen LogP contribution in [-0.4, -0.2) is 41.7 Å². The summed E-state index contributed by atoms with van der Waals surface area (Å²) < 4.78 is 25.2. The van der Waals surface area contributed by atoms with Gasteiger partial charge in [-0.2, -0.15) is 5.10 Å². The molecule has 0 bridgehead atoms. The molecule has 0 radical (unpaired) electrons. The first kappa shape index (κ1) is 14.6. The summed E-state index contributed by atoms with van der Waals surface area (Å²) >= 11 is 0. The predicted octanol–water partition coefficient (Wildman–Crippen LogP) is 0.681. The fourth-order valence-electron chi connectivity index (χ4n) is 3.39. The number of carbonyl (C=O) groups excluding carboxylic acids is 1. The van der Waals surface area contributed by atoms with Crippen molar-refractivity contribution in [2.24, 2.45) is 0 Å². The maximum Gasteiger partial charge on any atom is 0.220 e. The first-order valence-electron chi connectivity index (χ1n) is 7.40. The smallest absolute Gasteiger partial charge is 0.220 e. The van der Waals surface area contributed by atoms with Crippen LogP contribution in [0.25, 0.3) is 0 Å². The number of carbonyl (C=O) groups is 1. The monoisotopic (exact) mass is 311 g/mol. The number of amides is 1. The number of hydrogen-bond donors (Lipinski definition) is 1. The number of sulfone groups is 1. The summed E-state index contributed by atoms with van der Waals surface area (Å²) in [5.41, 5.74) is 3.13. The van der Waals surface area contributed by atoms with Crippen LogP contribution in [0.15, 0.2) is 0 Å². The third kappa shape index (κ3) is 2.84. The molecular formula is C14H21N3O3S. The van der Waals surface area contributed by atoms with Gasteiger partial charge in [-0.15, -0.1) is 0 Å². The Morgan fingerprint density at radius 2 is 2.10 bits per heavy atom. The van der Waals surface area contributed by atoms with E-state index < -0.39 is 9.84 Å². The third-order valence-corrected chi connectivity index (χ3v) is 6.31. The molecule has 7 heteroatoms. The Labute approximate surface area is 124 Å². The molecule has 1 aromatic rings. The zero-order valence-corrected chi connectivity index (χ0v) is 13.2. The van der Waals surface area contributed by atoms with Crippen molar-refractivity contribution in [3.63, 3.8) is 0 Å². The number of aromatic nitrogens is 2. The molecule has 116 valence electrons. The molecule has 2 atom stereocenters. The van der Waals surface area contributed by atoms with E-state index in [1.807, 2.05) is 18.5 Å². The Morgan fingerprint density at radius 3 is 2.67 bits per heavy atom. The molecule has 2 saturated heterocycles. The molecule has 6 nitrogen and oxygen atoms in total. The normalized spacial score (nSPS) is 28.0. The number of rotatable bonds is 3. The van der Waals surface area contributed by atoms with E-state index in [9.17, 15) is 13.2 Å². The molecule has 1 N–H and O–H groups in total. The lowest BCUT2D eigenvalue weighted by Gasteiger charge is -2.13. The average Bonchev–Trinajstić information content (AvgIpc) is 3.04. The molecule has 2 aliphatic heterocycles. The highest BCUT2D eigenvalue weighted by molar-refractivity contribution is 7.91. The van der Waals surface area contributed by atoms with E-state index in [1.54, 1.807) is 0 Å². The van der Waals surface area contributed by atoms with Gasteiger partial charge in [0, 0.05) is 18.2 Å². The SMILES string of the molecule is Cc1nn([C@H]2CCS(=O)(=O)C2)c(C)c1C[C@H]1CCC(=O)N1. The van der Waals surface area contributed by atoms with Gasteiger partial charge >= 0.3 is 0 Å². The summed E-state index contributed by atoms with van der Waals surface area (Å²) in [4.78, 5) is 11.3. The van der Waals surface area contributed by atoms with Crippen molar-refractivity contribution in [1.29, 1.82) is 0 Å². The van der Waals surface area contributed by atoms with Gasteiger partial charge in [0.25, 0.3) is 0 Å². The average molecular weight is 311 g/mol. The van der Waals surface area contributed by atoms with Crippen LogP contribution in [0.2, 0.25) is 0 Å². The van der Waals surface area contributed by atoms with Gasteiger partial charge in [-0.25, -0.2) is 8.42 Å². The molecule has 0 aliphatic carbocycles. The van der Waals surface area contributed by atoms with E-state index in [-0.39, 0.29) is 29.5 Å². The summed E-state index contributed by atoms with van der Waals surface area (Å²) in [6.07, 6.45) is 2.88. The molecule has 0 spiro atoms. The van der Waals surface area contributed by atoms with Crippen molar-refractivity contribution in [3.8, 4) is 0 Å². The van der Waals surface area contributed by atoms with E-state index in [0.29, 0.717) is 12.8 Å². The fourth-order valence-corrected chi connectivity index (χ4v) is 5.09. The van der Waals surface area contributed by atoms with Gasteiger partial charge in [0.1, 0.15) is 0 Å². The van der Waals surface area contributed by atoms with Gasteiger partial charge in [0.05, 0.1) is 23.2 Å². The minimum absolute atomic E-state index is 0.0411. The minimum Gasteiger partial charge on any atom is -0.353 e. The Kier molecular flexibility index (Phi) is 3.55. The molecule has 0 unspecified atom stereocenters. The summed E-state index contributed by atoms with van der Waals surface area (Å²) in [7, 11) is -2.91. The van der Waals surface area contributed by atoms with Crippen LogP contribution in [0, 0.1) is 13.8 Å². The van der Waals surface area contributed by atoms with E-state index in [4.69, 9.17) is 0 Å². The maximum absolute atomic E-state index is 11.6. The zero-order valence-electron chi connectivity index (χ0n) is 12.4. The maximum atomic E-state index is 11.6. The summed E-state index contributed by atoms with van der Waals surface area (Å²) in [5, 5.41) is 7.54. The van der Waals surface area contributed by atoms with Crippen molar-refractivity contribution in [2.75, 3.05) is 11.5 Å². The van der Waals surface area contributed by atoms with Crippen LogP contribution in [0.4, 0.5) is 0 Å². The van der Waals surface area contributed by atoms with Crippen molar-refractivity contribution >= 4 is 15.7 Å². The molecule has 3 rings (SSSR count). The Hall–Kier alpha value is -1.37. The molecule has 3 heterocycles. The van der Waals surface area contributed by atoms with Crippen molar-refractivity contribution < 1.29 is 13.2 Å². The lowest BCUT2D eigenvalue weighted by molar-refractivity contribution is -0.119. The van der Waals surface area contributed by atoms with Crippen molar-refractivity contribution in [3.05, 3.63) is 17.0 Å². The highest BCUT2D eigenvalue weighted by atomic mass is 32.2. The largest absolute Gasteiger partial charge is 0.353 e. The van der Waals surface area contributed by atoms with Crippen LogP contribution in [0.1, 0.15) is 42.3 Å². The third-order valence-electron chi connectivity index (χ3n) is 4.56. The molecule has 2 aliphatic rings. The summed E-state index contributed by atoms with van der Waals surface area (Å²) in [5.74, 6) is 0.558. The summed E-state index contributed by atoms with van der Waals surface area (Å²) in [6, 6.07) is 0.139. The number of hydrogen-bond acceptors (Lipinski definition) is 4. The first-order valence-corrected chi connectivity index (χ1v) is 9.22. The van der Waals surface area contributed by atoms with E-state index in [0.717, 1.165) is 29.8 Å². The standard InChI is InChI=1S/C14H21N3O3S/c1-9-13(7-11-3-4-14(18)15-11)10(2)17(16-9)12-5-6-21(19,20)8-12/h11-12H,3-8H2,1-2H3,(H,15,18)/t11-,12+/m1/s1. The molecule has 1 aromatic heterocycles. The Bertz CT molecular complexity index is 678. The van der Waals surface area contributed by atoms with Crippen LogP contribution in [0.5, 0.6) is 0 Å². The summed E-state index contributed by atoms with van der Waals surface area (Å²) in [6.45, 7) is 3.95.